The molecular formula is C7H8BrClN2O. The summed E-state index contributed by atoms with van der Waals surface area (Å²) in [6.07, 6.45) is 0. The fraction of sp³-hybridized carbons (Fsp3) is 0.429. The minimum absolute atomic E-state index is 0.125. The van der Waals surface area contributed by atoms with E-state index in [0.29, 0.717) is 0 Å². The van der Waals surface area contributed by atoms with E-state index in [0.717, 1.165) is 15.9 Å². The van der Waals surface area contributed by atoms with E-state index >= 15 is 0 Å². The maximum absolute atomic E-state index is 10.6. The number of aryl methyl sites for hydroxylation is 1. The molecule has 0 aliphatic carbocycles. The Hall–Kier alpha value is -0.350. The molecule has 0 amide bonds. The Balaban J connectivity index is 3.01. The van der Waals surface area contributed by atoms with E-state index < -0.39 is 5.24 Å². The third-order valence-electron chi connectivity index (χ3n) is 1.57. The molecule has 0 aliphatic rings. The second kappa shape index (κ2) is 3.58. The number of rotatable bonds is 2. The Morgan fingerprint density at radius 1 is 1.67 bits per heavy atom. The van der Waals surface area contributed by atoms with E-state index in [1.54, 1.807) is 4.68 Å². The largest absolute Gasteiger partial charge is 0.279 e. The maximum Gasteiger partial charge on any atom is 0.243 e. The first-order valence-corrected chi connectivity index (χ1v) is 4.57. The predicted octanol–water partition coefficient (Wildman–Crippen LogP) is 2.03. The molecule has 0 bridgehead atoms. The first-order valence-electron chi connectivity index (χ1n) is 3.40. The third kappa shape index (κ3) is 1.87. The molecule has 0 saturated heterocycles. The summed E-state index contributed by atoms with van der Waals surface area (Å²) in [5.74, 6) is 0. The lowest BCUT2D eigenvalue weighted by Gasteiger charge is -1.98. The van der Waals surface area contributed by atoms with Crippen molar-refractivity contribution in [3.05, 3.63) is 15.9 Å². The van der Waals surface area contributed by atoms with Gasteiger partial charge in [0.15, 0.2) is 0 Å². The molecule has 0 atom stereocenters. The molecule has 0 aliphatic heterocycles. The van der Waals surface area contributed by atoms with Gasteiger partial charge in [0.25, 0.3) is 0 Å². The molecule has 1 heterocycles. The van der Waals surface area contributed by atoms with Crippen molar-refractivity contribution in [3.63, 3.8) is 0 Å². The number of carbonyl (C=O) groups excluding carboxylic acids is 1. The van der Waals surface area contributed by atoms with Gasteiger partial charge in [-0.2, -0.15) is 5.10 Å². The monoisotopic (exact) mass is 250 g/mol. The number of nitrogens with zero attached hydrogens (tertiary/aromatic N) is 2. The Kier molecular flexibility index (Phi) is 2.90. The smallest absolute Gasteiger partial charge is 0.243 e. The van der Waals surface area contributed by atoms with Crippen molar-refractivity contribution in [2.75, 3.05) is 0 Å². The predicted molar refractivity (Wildman–Crippen MR) is 50.3 cm³/mol. The van der Waals surface area contributed by atoms with Crippen LogP contribution >= 0.6 is 27.5 Å². The summed E-state index contributed by atoms with van der Waals surface area (Å²) in [7, 11) is 0. The van der Waals surface area contributed by atoms with Crippen LogP contribution in [0.25, 0.3) is 0 Å². The molecule has 0 fully saturated rings. The number of hydrogen-bond acceptors (Lipinski definition) is 2. The van der Waals surface area contributed by atoms with Gasteiger partial charge in [0.05, 0.1) is 15.9 Å². The number of aromatic nitrogens is 2. The van der Waals surface area contributed by atoms with Crippen LogP contribution in [0.2, 0.25) is 0 Å². The van der Waals surface area contributed by atoms with Crippen LogP contribution < -0.4 is 0 Å². The summed E-state index contributed by atoms with van der Waals surface area (Å²) in [6, 6.07) is 0. The first-order chi connectivity index (χ1) is 5.52. The molecule has 0 radical (unpaired) electrons. The van der Waals surface area contributed by atoms with Crippen molar-refractivity contribution in [2.45, 2.75) is 20.4 Å². The molecule has 0 spiro atoms. The van der Waals surface area contributed by atoms with Gasteiger partial charge in [-0.1, -0.05) is 0 Å². The quantitative estimate of drug-likeness (QED) is 0.754. The van der Waals surface area contributed by atoms with Gasteiger partial charge in [-0.15, -0.1) is 0 Å². The topological polar surface area (TPSA) is 34.9 Å². The van der Waals surface area contributed by atoms with Gasteiger partial charge >= 0.3 is 0 Å². The van der Waals surface area contributed by atoms with Gasteiger partial charge in [0.2, 0.25) is 5.24 Å². The molecule has 5 heteroatoms. The van der Waals surface area contributed by atoms with E-state index in [9.17, 15) is 4.79 Å². The zero-order chi connectivity index (χ0) is 9.30. The molecule has 3 nitrogen and oxygen atoms in total. The van der Waals surface area contributed by atoms with E-state index in [-0.39, 0.29) is 6.54 Å². The summed E-state index contributed by atoms with van der Waals surface area (Å²) in [5, 5.41) is 3.71. The van der Waals surface area contributed by atoms with Crippen LogP contribution in [0.5, 0.6) is 0 Å². The summed E-state index contributed by atoms with van der Waals surface area (Å²) in [5.41, 5.74) is 1.78. The Bertz CT molecular complexity index is 321. The van der Waals surface area contributed by atoms with Gasteiger partial charge in [-0.3, -0.25) is 9.48 Å². The zero-order valence-electron chi connectivity index (χ0n) is 6.77. The van der Waals surface area contributed by atoms with Crippen molar-refractivity contribution in [2.24, 2.45) is 0 Å². The van der Waals surface area contributed by atoms with E-state index in [1.165, 1.54) is 0 Å². The summed E-state index contributed by atoms with van der Waals surface area (Å²) in [4.78, 5) is 10.6. The molecule has 1 aromatic rings. The highest BCUT2D eigenvalue weighted by atomic mass is 79.9. The fourth-order valence-electron chi connectivity index (χ4n) is 0.947. The highest BCUT2D eigenvalue weighted by molar-refractivity contribution is 9.10. The van der Waals surface area contributed by atoms with Crippen molar-refractivity contribution in [1.29, 1.82) is 0 Å². The molecule has 0 N–H and O–H groups in total. The van der Waals surface area contributed by atoms with Gasteiger partial charge in [-0.05, 0) is 41.4 Å². The third-order valence-corrected chi connectivity index (χ3v) is 2.83. The van der Waals surface area contributed by atoms with Crippen LogP contribution in [-0.4, -0.2) is 15.0 Å². The number of carbonyl (C=O) groups is 1. The van der Waals surface area contributed by atoms with Crippen LogP contribution in [0, 0.1) is 13.8 Å². The molecule has 1 rings (SSSR count). The lowest BCUT2D eigenvalue weighted by atomic mass is 10.4. The van der Waals surface area contributed by atoms with Crippen molar-refractivity contribution < 1.29 is 4.79 Å². The average Bonchev–Trinajstić information content (AvgIpc) is 2.17. The Labute approximate surface area is 83.8 Å². The standard InChI is InChI=1S/C7H8BrClN2O/c1-4-7(8)5(2)11(10-4)3-6(9)12/h3H2,1-2H3. The highest BCUT2D eigenvalue weighted by Crippen LogP contribution is 2.19. The minimum Gasteiger partial charge on any atom is -0.279 e. The normalized spacial score (nSPS) is 10.3. The number of hydrogen-bond donors (Lipinski definition) is 0. The second-order valence-electron chi connectivity index (χ2n) is 2.50. The highest BCUT2D eigenvalue weighted by Gasteiger charge is 2.09. The van der Waals surface area contributed by atoms with Gasteiger partial charge in [-0.25, -0.2) is 0 Å². The Morgan fingerprint density at radius 3 is 2.58 bits per heavy atom. The first kappa shape index (κ1) is 9.74. The van der Waals surface area contributed by atoms with E-state index in [4.69, 9.17) is 11.6 Å². The van der Waals surface area contributed by atoms with E-state index in [1.807, 2.05) is 13.8 Å². The van der Waals surface area contributed by atoms with Gasteiger partial charge in [0, 0.05) is 0 Å². The van der Waals surface area contributed by atoms with Gasteiger partial charge in [0.1, 0.15) is 6.54 Å². The fourth-order valence-corrected chi connectivity index (χ4v) is 1.34. The zero-order valence-corrected chi connectivity index (χ0v) is 9.11. The molecule has 1 aromatic heterocycles. The Morgan fingerprint density at radius 2 is 2.25 bits per heavy atom. The molecular weight excluding hydrogens is 243 g/mol. The average molecular weight is 252 g/mol. The van der Waals surface area contributed by atoms with Crippen LogP contribution in [-0.2, 0) is 11.3 Å². The molecule has 12 heavy (non-hydrogen) atoms. The van der Waals surface area contributed by atoms with Crippen LogP contribution in [0.3, 0.4) is 0 Å². The lowest BCUT2D eigenvalue weighted by molar-refractivity contribution is -0.112. The summed E-state index contributed by atoms with van der Waals surface area (Å²) < 4.78 is 2.51. The van der Waals surface area contributed by atoms with Crippen molar-refractivity contribution in [1.82, 2.24) is 9.78 Å². The number of halogens is 2. The second-order valence-corrected chi connectivity index (χ2v) is 3.71. The molecule has 66 valence electrons. The SMILES string of the molecule is Cc1nn(CC(=O)Cl)c(C)c1Br. The van der Waals surface area contributed by atoms with Gasteiger partial charge < -0.3 is 0 Å². The lowest BCUT2D eigenvalue weighted by Crippen LogP contribution is -2.07. The maximum atomic E-state index is 10.6. The van der Waals surface area contributed by atoms with Crippen LogP contribution in [0.15, 0.2) is 4.47 Å². The molecule has 0 saturated carbocycles. The minimum atomic E-state index is -0.409. The van der Waals surface area contributed by atoms with Crippen LogP contribution in [0.1, 0.15) is 11.4 Å². The van der Waals surface area contributed by atoms with Crippen molar-refractivity contribution in [3.8, 4) is 0 Å². The molecule has 0 unspecified atom stereocenters. The summed E-state index contributed by atoms with van der Waals surface area (Å²) in [6.45, 7) is 3.87. The van der Waals surface area contributed by atoms with Crippen molar-refractivity contribution >= 4 is 32.8 Å². The molecule has 0 aromatic carbocycles. The summed E-state index contributed by atoms with van der Waals surface area (Å²) >= 11 is 8.58. The van der Waals surface area contributed by atoms with E-state index in [2.05, 4.69) is 21.0 Å². The van der Waals surface area contributed by atoms with Crippen LogP contribution in [0.4, 0.5) is 0 Å².